The van der Waals surface area contributed by atoms with Crippen LogP contribution in [-0.4, -0.2) is 36.1 Å². The molecule has 1 aromatic heterocycles. The lowest BCUT2D eigenvalue weighted by Gasteiger charge is -2.10. The number of hydrogen-bond acceptors (Lipinski definition) is 4. The highest BCUT2D eigenvalue weighted by molar-refractivity contribution is 5.94. The zero-order chi connectivity index (χ0) is 12.0. The molecule has 0 saturated carbocycles. The van der Waals surface area contributed by atoms with Crippen molar-refractivity contribution in [1.82, 2.24) is 10.6 Å². The van der Waals surface area contributed by atoms with Crippen LogP contribution < -0.4 is 10.6 Å². The Balaban J connectivity index is 2.29. The Hall–Kier alpha value is -1.82. The van der Waals surface area contributed by atoms with Gasteiger partial charge in [-0.3, -0.25) is 9.59 Å². The molecule has 0 aliphatic carbocycles. The third-order valence-electron chi connectivity index (χ3n) is 1.84. The standard InChI is InChI=1S/C10H14N2O4/c1-7(6-13)12-9(14)5-11-10(15)8-3-2-4-16-8/h2-4,7,13H,5-6H2,1H3,(H,11,15)(H,12,14)/t7-/m1/s1. The van der Waals surface area contributed by atoms with Crippen molar-refractivity contribution in [2.24, 2.45) is 0 Å². The van der Waals surface area contributed by atoms with Crippen LogP contribution in [0.4, 0.5) is 0 Å². The van der Waals surface area contributed by atoms with E-state index < -0.39 is 5.91 Å². The molecule has 0 unspecified atom stereocenters. The first-order valence-electron chi connectivity index (χ1n) is 4.85. The summed E-state index contributed by atoms with van der Waals surface area (Å²) in [6, 6.07) is 2.76. The van der Waals surface area contributed by atoms with Gasteiger partial charge >= 0.3 is 0 Å². The quantitative estimate of drug-likeness (QED) is 0.631. The van der Waals surface area contributed by atoms with Crippen molar-refractivity contribution in [3.8, 4) is 0 Å². The van der Waals surface area contributed by atoms with Crippen molar-refractivity contribution < 1.29 is 19.1 Å². The van der Waals surface area contributed by atoms with Crippen molar-refractivity contribution in [1.29, 1.82) is 0 Å². The van der Waals surface area contributed by atoms with Crippen LogP contribution in [0.2, 0.25) is 0 Å². The van der Waals surface area contributed by atoms with Crippen LogP contribution in [0.5, 0.6) is 0 Å². The molecule has 1 rings (SSSR count). The first kappa shape index (κ1) is 12.3. The van der Waals surface area contributed by atoms with Gasteiger partial charge in [0.15, 0.2) is 5.76 Å². The van der Waals surface area contributed by atoms with Gasteiger partial charge in [0.1, 0.15) is 0 Å². The summed E-state index contributed by atoms with van der Waals surface area (Å²) >= 11 is 0. The molecule has 0 radical (unpaired) electrons. The minimum Gasteiger partial charge on any atom is -0.459 e. The van der Waals surface area contributed by atoms with E-state index in [1.807, 2.05) is 0 Å². The number of carbonyl (C=O) groups excluding carboxylic acids is 2. The fourth-order valence-corrected chi connectivity index (χ4v) is 1.03. The van der Waals surface area contributed by atoms with Crippen LogP contribution in [0.25, 0.3) is 0 Å². The van der Waals surface area contributed by atoms with E-state index in [-0.39, 0.29) is 30.9 Å². The van der Waals surface area contributed by atoms with Gasteiger partial charge in [0, 0.05) is 6.04 Å². The maximum atomic E-state index is 11.3. The Kier molecular flexibility index (Phi) is 4.53. The molecule has 0 saturated heterocycles. The van der Waals surface area contributed by atoms with Crippen LogP contribution in [0, 0.1) is 0 Å². The average molecular weight is 226 g/mol. The van der Waals surface area contributed by atoms with E-state index in [4.69, 9.17) is 9.52 Å². The largest absolute Gasteiger partial charge is 0.459 e. The van der Waals surface area contributed by atoms with Gasteiger partial charge in [0.2, 0.25) is 5.91 Å². The summed E-state index contributed by atoms with van der Waals surface area (Å²) in [7, 11) is 0. The van der Waals surface area contributed by atoms with Crippen molar-refractivity contribution in [3.05, 3.63) is 24.2 Å². The third kappa shape index (κ3) is 3.74. The summed E-state index contributed by atoms with van der Waals surface area (Å²) in [5, 5.41) is 13.6. The molecule has 0 aliphatic heterocycles. The van der Waals surface area contributed by atoms with Crippen molar-refractivity contribution in [2.75, 3.05) is 13.2 Å². The fraction of sp³-hybridized carbons (Fsp3) is 0.400. The van der Waals surface area contributed by atoms with E-state index in [1.54, 1.807) is 13.0 Å². The zero-order valence-corrected chi connectivity index (χ0v) is 8.90. The minimum atomic E-state index is -0.447. The van der Waals surface area contributed by atoms with Crippen molar-refractivity contribution in [2.45, 2.75) is 13.0 Å². The maximum absolute atomic E-state index is 11.3. The zero-order valence-electron chi connectivity index (χ0n) is 8.90. The van der Waals surface area contributed by atoms with Crippen molar-refractivity contribution in [3.63, 3.8) is 0 Å². The van der Waals surface area contributed by atoms with Crippen LogP contribution in [0.1, 0.15) is 17.5 Å². The van der Waals surface area contributed by atoms with E-state index >= 15 is 0 Å². The Morgan fingerprint density at radius 2 is 2.31 bits per heavy atom. The van der Waals surface area contributed by atoms with Gasteiger partial charge in [-0.25, -0.2) is 0 Å². The van der Waals surface area contributed by atoms with E-state index in [9.17, 15) is 9.59 Å². The summed E-state index contributed by atoms with van der Waals surface area (Å²) in [4.78, 5) is 22.6. The third-order valence-corrected chi connectivity index (χ3v) is 1.84. The average Bonchev–Trinajstić information content (AvgIpc) is 2.79. The highest BCUT2D eigenvalue weighted by Crippen LogP contribution is 1.98. The van der Waals surface area contributed by atoms with E-state index in [0.717, 1.165) is 0 Å². The molecular formula is C10H14N2O4. The molecule has 1 atom stereocenters. The van der Waals surface area contributed by atoms with Gasteiger partial charge in [-0.15, -0.1) is 0 Å². The van der Waals surface area contributed by atoms with Crippen molar-refractivity contribution >= 4 is 11.8 Å². The molecule has 0 aliphatic rings. The number of aliphatic hydroxyl groups is 1. The number of amides is 2. The Morgan fingerprint density at radius 3 is 2.88 bits per heavy atom. The Labute approximate surface area is 92.6 Å². The highest BCUT2D eigenvalue weighted by Gasteiger charge is 2.11. The molecule has 0 aromatic carbocycles. The molecule has 1 aromatic rings. The Morgan fingerprint density at radius 1 is 1.56 bits per heavy atom. The lowest BCUT2D eigenvalue weighted by molar-refractivity contribution is -0.121. The summed E-state index contributed by atoms with van der Waals surface area (Å²) < 4.78 is 4.85. The smallest absolute Gasteiger partial charge is 0.287 e. The second-order valence-corrected chi connectivity index (χ2v) is 3.31. The molecular weight excluding hydrogens is 212 g/mol. The van der Waals surface area contributed by atoms with Gasteiger partial charge in [0.05, 0.1) is 19.4 Å². The summed E-state index contributed by atoms with van der Waals surface area (Å²) in [6.07, 6.45) is 1.38. The topological polar surface area (TPSA) is 91.6 Å². The van der Waals surface area contributed by atoms with E-state index in [1.165, 1.54) is 12.3 Å². The van der Waals surface area contributed by atoms with Gasteiger partial charge in [0.25, 0.3) is 5.91 Å². The molecule has 0 bridgehead atoms. The Bertz CT molecular complexity index is 348. The minimum absolute atomic E-state index is 0.141. The molecule has 88 valence electrons. The van der Waals surface area contributed by atoms with Crippen LogP contribution in [0.3, 0.4) is 0 Å². The second kappa shape index (κ2) is 5.92. The molecule has 16 heavy (non-hydrogen) atoms. The van der Waals surface area contributed by atoms with E-state index in [2.05, 4.69) is 10.6 Å². The highest BCUT2D eigenvalue weighted by atomic mass is 16.3. The predicted molar refractivity (Wildman–Crippen MR) is 55.7 cm³/mol. The summed E-state index contributed by atoms with van der Waals surface area (Å²) in [5.74, 6) is -0.652. The first-order valence-corrected chi connectivity index (χ1v) is 4.85. The van der Waals surface area contributed by atoms with Crippen LogP contribution in [0.15, 0.2) is 22.8 Å². The number of nitrogens with one attached hydrogen (secondary N) is 2. The first-order chi connectivity index (χ1) is 7.63. The number of rotatable bonds is 5. The normalized spacial score (nSPS) is 11.9. The lowest BCUT2D eigenvalue weighted by Crippen LogP contribution is -2.42. The molecule has 6 heteroatoms. The van der Waals surface area contributed by atoms with Gasteiger partial charge < -0.3 is 20.2 Å². The van der Waals surface area contributed by atoms with E-state index in [0.29, 0.717) is 0 Å². The lowest BCUT2D eigenvalue weighted by atomic mass is 10.3. The number of carbonyl (C=O) groups is 2. The van der Waals surface area contributed by atoms with Gasteiger partial charge in [-0.05, 0) is 19.1 Å². The summed E-state index contributed by atoms with van der Waals surface area (Å²) in [6.45, 7) is 1.37. The fourth-order valence-electron chi connectivity index (χ4n) is 1.03. The molecule has 0 fully saturated rings. The summed E-state index contributed by atoms with van der Waals surface area (Å²) in [5.41, 5.74) is 0. The van der Waals surface area contributed by atoms with Gasteiger partial charge in [-0.2, -0.15) is 0 Å². The molecule has 1 heterocycles. The van der Waals surface area contributed by atoms with Crippen LogP contribution >= 0.6 is 0 Å². The molecule has 2 amide bonds. The molecule has 0 spiro atoms. The monoisotopic (exact) mass is 226 g/mol. The van der Waals surface area contributed by atoms with Crippen LogP contribution in [-0.2, 0) is 4.79 Å². The number of furan rings is 1. The SMILES string of the molecule is C[C@H](CO)NC(=O)CNC(=O)c1ccco1. The maximum Gasteiger partial charge on any atom is 0.287 e. The second-order valence-electron chi connectivity index (χ2n) is 3.31. The molecule has 6 nitrogen and oxygen atoms in total. The number of aliphatic hydroxyl groups excluding tert-OH is 1. The van der Waals surface area contributed by atoms with Gasteiger partial charge in [-0.1, -0.05) is 0 Å². The number of hydrogen-bond donors (Lipinski definition) is 3. The predicted octanol–water partition coefficient (Wildman–Crippen LogP) is -0.494. The molecule has 3 N–H and O–H groups in total.